The van der Waals surface area contributed by atoms with E-state index in [0.29, 0.717) is 24.1 Å². The van der Waals surface area contributed by atoms with E-state index in [-0.39, 0.29) is 6.04 Å². The Morgan fingerprint density at radius 3 is 2.69 bits per heavy atom. The first-order chi connectivity index (χ1) is 12.6. The summed E-state index contributed by atoms with van der Waals surface area (Å²) in [6.45, 7) is 3.83. The predicted molar refractivity (Wildman–Crippen MR) is 105 cm³/mol. The van der Waals surface area contributed by atoms with Gasteiger partial charge in [-0.2, -0.15) is 5.10 Å². The molecular weight excluding hydrogens is 350 g/mol. The molecule has 1 fully saturated rings. The van der Waals surface area contributed by atoms with Gasteiger partial charge in [0.2, 0.25) is 0 Å². The Bertz CT molecular complexity index is 710. The maximum atomic E-state index is 10.3. The van der Waals surface area contributed by atoms with Crippen LogP contribution in [0.4, 0.5) is 0 Å². The van der Waals surface area contributed by atoms with E-state index in [1.807, 2.05) is 48.1 Å². The third-order valence-electron chi connectivity index (χ3n) is 4.72. The van der Waals surface area contributed by atoms with Gasteiger partial charge in [-0.05, 0) is 49.9 Å². The Labute approximate surface area is 159 Å². The molecule has 1 atom stereocenters. The Kier molecular flexibility index (Phi) is 6.16. The van der Waals surface area contributed by atoms with Gasteiger partial charge in [-0.15, -0.1) is 0 Å². The highest BCUT2D eigenvalue weighted by molar-refractivity contribution is 6.30. The summed E-state index contributed by atoms with van der Waals surface area (Å²) in [5.74, 6) is 0.707. The highest BCUT2D eigenvalue weighted by atomic mass is 35.5. The largest absolute Gasteiger partial charge is 0.388 e. The molecule has 1 heterocycles. The van der Waals surface area contributed by atoms with Gasteiger partial charge in [0.1, 0.15) is 0 Å². The molecular formula is C19H26ClN5O. The van der Waals surface area contributed by atoms with E-state index in [1.165, 1.54) is 0 Å². The number of nitrogens with one attached hydrogen (secondary N) is 2. The zero-order valence-corrected chi connectivity index (χ0v) is 15.8. The van der Waals surface area contributed by atoms with Gasteiger partial charge in [-0.1, -0.05) is 23.7 Å². The molecule has 0 bridgehead atoms. The number of nitrogens with zero attached hydrogens (tertiary/aromatic N) is 3. The number of hydrogen-bond donors (Lipinski definition) is 3. The molecule has 26 heavy (non-hydrogen) atoms. The van der Waals surface area contributed by atoms with Crippen LogP contribution in [0.15, 0.2) is 47.7 Å². The summed E-state index contributed by atoms with van der Waals surface area (Å²) in [7, 11) is 0. The molecule has 1 unspecified atom stereocenters. The average molecular weight is 376 g/mol. The summed E-state index contributed by atoms with van der Waals surface area (Å²) in [5, 5.41) is 22.0. The lowest BCUT2D eigenvalue weighted by molar-refractivity contribution is -0.0236. The molecule has 1 aliphatic carbocycles. The number of guanidine groups is 1. The van der Waals surface area contributed by atoms with Gasteiger partial charge in [0.25, 0.3) is 0 Å². The van der Waals surface area contributed by atoms with Gasteiger partial charge in [-0.3, -0.25) is 9.67 Å². The number of halogens is 1. The lowest BCUT2D eigenvalue weighted by Crippen LogP contribution is -2.44. The number of rotatable bonds is 7. The second-order valence-electron chi connectivity index (χ2n) is 6.71. The Morgan fingerprint density at radius 2 is 2.12 bits per heavy atom. The summed E-state index contributed by atoms with van der Waals surface area (Å²) in [6.07, 6.45) is 6.46. The van der Waals surface area contributed by atoms with E-state index in [9.17, 15) is 5.11 Å². The van der Waals surface area contributed by atoms with E-state index in [0.717, 1.165) is 31.4 Å². The van der Waals surface area contributed by atoms with Crippen LogP contribution in [0.3, 0.4) is 0 Å². The topological polar surface area (TPSA) is 74.5 Å². The molecule has 2 aromatic rings. The van der Waals surface area contributed by atoms with Crippen molar-refractivity contribution in [2.45, 2.75) is 37.8 Å². The molecule has 6 nitrogen and oxygen atoms in total. The highest BCUT2D eigenvalue weighted by Crippen LogP contribution is 2.31. The molecule has 3 rings (SSSR count). The van der Waals surface area contributed by atoms with Crippen LogP contribution in [-0.4, -0.2) is 46.1 Å². The summed E-state index contributed by atoms with van der Waals surface area (Å²) < 4.78 is 1.92. The van der Waals surface area contributed by atoms with E-state index in [1.54, 1.807) is 6.20 Å². The minimum atomic E-state index is -0.625. The first-order valence-corrected chi connectivity index (χ1v) is 9.46. The van der Waals surface area contributed by atoms with E-state index in [2.05, 4.69) is 20.7 Å². The van der Waals surface area contributed by atoms with Crippen molar-refractivity contribution in [3.8, 4) is 0 Å². The summed E-state index contributed by atoms with van der Waals surface area (Å²) in [4.78, 5) is 4.56. The molecule has 3 N–H and O–H groups in total. The molecule has 1 aromatic carbocycles. The molecule has 140 valence electrons. The first kappa shape index (κ1) is 18.7. The van der Waals surface area contributed by atoms with Crippen LogP contribution in [0.1, 0.15) is 37.8 Å². The molecule has 1 aromatic heterocycles. The van der Waals surface area contributed by atoms with Crippen LogP contribution < -0.4 is 10.6 Å². The molecule has 0 saturated heterocycles. The van der Waals surface area contributed by atoms with Gasteiger partial charge < -0.3 is 15.7 Å². The third kappa shape index (κ3) is 4.77. The van der Waals surface area contributed by atoms with Gasteiger partial charge in [0, 0.05) is 30.5 Å². The third-order valence-corrected chi connectivity index (χ3v) is 4.97. The predicted octanol–water partition coefficient (Wildman–Crippen LogP) is 2.60. The molecule has 0 radical (unpaired) electrons. The molecule has 0 spiro atoms. The number of aliphatic imine (C=N–C) groups is 1. The van der Waals surface area contributed by atoms with E-state index < -0.39 is 5.60 Å². The van der Waals surface area contributed by atoms with Crippen molar-refractivity contribution in [3.63, 3.8) is 0 Å². The van der Waals surface area contributed by atoms with Crippen LogP contribution >= 0.6 is 11.6 Å². The van der Waals surface area contributed by atoms with Crippen LogP contribution in [0, 0.1) is 0 Å². The smallest absolute Gasteiger partial charge is 0.191 e. The second kappa shape index (κ2) is 8.56. The van der Waals surface area contributed by atoms with Crippen LogP contribution in [0.25, 0.3) is 0 Å². The van der Waals surface area contributed by atoms with Gasteiger partial charge in [-0.25, -0.2) is 0 Å². The first-order valence-electron chi connectivity index (χ1n) is 9.09. The molecule has 0 aliphatic heterocycles. The zero-order valence-electron chi connectivity index (χ0n) is 15.0. The SMILES string of the molecule is CCNC(=NCC1(O)CCC1)NCC(c1ccc(Cl)cc1)n1cccn1. The number of aromatic nitrogens is 2. The summed E-state index contributed by atoms with van der Waals surface area (Å²) in [6, 6.07) is 9.72. The van der Waals surface area contributed by atoms with Gasteiger partial charge in [0.15, 0.2) is 5.96 Å². The molecule has 0 amide bonds. The fourth-order valence-corrected chi connectivity index (χ4v) is 3.14. The van der Waals surface area contributed by atoms with Gasteiger partial charge in [0.05, 0.1) is 18.2 Å². The fraction of sp³-hybridized carbons (Fsp3) is 0.474. The molecule has 1 aliphatic rings. The van der Waals surface area contributed by atoms with Crippen LogP contribution in [0.2, 0.25) is 5.02 Å². The fourth-order valence-electron chi connectivity index (χ4n) is 3.02. The van der Waals surface area contributed by atoms with Crippen molar-refractivity contribution < 1.29 is 5.11 Å². The summed E-state index contributed by atoms with van der Waals surface area (Å²) in [5.41, 5.74) is 0.485. The maximum absolute atomic E-state index is 10.3. The Hall–Kier alpha value is -2.05. The number of hydrogen-bond acceptors (Lipinski definition) is 3. The average Bonchev–Trinajstić information content (AvgIpc) is 3.14. The van der Waals surface area contributed by atoms with Crippen molar-refractivity contribution >= 4 is 17.6 Å². The normalized spacial score (nSPS) is 17.4. The number of aliphatic hydroxyl groups is 1. The zero-order chi connectivity index (χ0) is 18.4. The van der Waals surface area contributed by atoms with Crippen molar-refractivity contribution in [2.24, 2.45) is 4.99 Å². The van der Waals surface area contributed by atoms with Gasteiger partial charge >= 0.3 is 0 Å². The quantitative estimate of drug-likeness (QED) is 0.513. The Balaban J connectivity index is 1.70. The van der Waals surface area contributed by atoms with Crippen LogP contribution in [0.5, 0.6) is 0 Å². The second-order valence-corrected chi connectivity index (χ2v) is 7.14. The minimum Gasteiger partial charge on any atom is -0.388 e. The van der Waals surface area contributed by atoms with E-state index in [4.69, 9.17) is 11.6 Å². The summed E-state index contributed by atoms with van der Waals surface area (Å²) >= 11 is 6.02. The maximum Gasteiger partial charge on any atom is 0.191 e. The highest BCUT2D eigenvalue weighted by Gasteiger charge is 2.34. The Morgan fingerprint density at radius 1 is 1.35 bits per heavy atom. The van der Waals surface area contributed by atoms with Crippen molar-refractivity contribution in [1.82, 2.24) is 20.4 Å². The van der Waals surface area contributed by atoms with Crippen molar-refractivity contribution in [3.05, 3.63) is 53.3 Å². The lowest BCUT2D eigenvalue weighted by Gasteiger charge is -2.35. The molecule has 1 saturated carbocycles. The van der Waals surface area contributed by atoms with Crippen LogP contribution in [-0.2, 0) is 0 Å². The monoisotopic (exact) mass is 375 g/mol. The van der Waals surface area contributed by atoms with E-state index >= 15 is 0 Å². The number of benzene rings is 1. The standard InChI is InChI=1S/C19H26ClN5O/c1-2-21-18(23-14-19(26)9-3-10-19)22-13-17(25-12-4-11-24-25)15-5-7-16(20)8-6-15/h4-8,11-12,17,26H,2-3,9-10,13-14H2,1H3,(H2,21,22,23). The van der Waals surface area contributed by atoms with Crippen molar-refractivity contribution in [1.29, 1.82) is 0 Å². The minimum absolute atomic E-state index is 0.0120. The molecule has 7 heteroatoms. The lowest BCUT2D eigenvalue weighted by atomic mass is 9.80. The van der Waals surface area contributed by atoms with Crippen molar-refractivity contribution in [2.75, 3.05) is 19.6 Å².